The minimum Gasteiger partial charge on any atom is -0.370 e. The van der Waals surface area contributed by atoms with Crippen LogP contribution < -0.4 is 5.73 Å². The van der Waals surface area contributed by atoms with Crippen molar-refractivity contribution in [1.29, 1.82) is 0 Å². The summed E-state index contributed by atoms with van der Waals surface area (Å²) in [7, 11) is 5.00. The number of ether oxygens (including phenoxy) is 1. The second-order valence-electron chi connectivity index (χ2n) is 3.22. The van der Waals surface area contributed by atoms with Gasteiger partial charge < -0.3 is 10.5 Å². The standard InChI is InChI=1S/C9H19NO/c1-8(7-10)5-4-6-9(2)11-3/h3,8-9H,4-7,10H2,1-2H3. The third kappa shape index (κ3) is 6.32. The number of nitrogens with two attached hydrogens (primary N) is 1. The van der Waals surface area contributed by atoms with Gasteiger partial charge in [-0.05, 0) is 32.2 Å². The Hall–Kier alpha value is -0.0800. The zero-order valence-electron chi connectivity index (χ0n) is 7.55. The van der Waals surface area contributed by atoms with Crippen molar-refractivity contribution in [2.24, 2.45) is 11.7 Å². The fourth-order valence-corrected chi connectivity index (χ4v) is 0.940. The molecule has 0 saturated carbocycles. The van der Waals surface area contributed by atoms with Crippen molar-refractivity contribution in [3.8, 4) is 0 Å². The van der Waals surface area contributed by atoms with Crippen LogP contribution in [0.2, 0.25) is 0 Å². The van der Waals surface area contributed by atoms with Gasteiger partial charge in [-0.25, -0.2) is 0 Å². The average Bonchev–Trinajstić information content (AvgIpc) is 2.04. The first-order valence-electron chi connectivity index (χ1n) is 4.26. The molecule has 0 saturated heterocycles. The zero-order chi connectivity index (χ0) is 8.69. The predicted molar refractivity (Wildman–Crippen MR) is 46.9 cm³/mol. The molecule has 2 nitrogen and oxygen atoms in total. The molecule has 0 rings (SSSR count). The molecule has 0 bridgehead atoms. The fourth-order valence-electron chi connectivity index (χ4n) is 0.940. The van der Waals surface area contributed by atoms with E-state index in [0.717, 1.165) is 19.4 Å². The molecule has 0 heterocycles. The van der Waals surface area contributed by atoms with E-state index in [4.69, 9.17) is 12.8 Å². The van der Waals surface area contributed by atoms with E-state index >= 15 is 0 Å². The Kier molecular flexibility index (Phi) is 6.57. The summed E-state index contributed by atoms with van der Waals surface area (Å²) >= 11 is 0. The van der Waals surface area contributed by atoms with Crippen LogP contribution in [-0.4, -0.2) is 12.6 Å². The molecule has 2 unspecified atom stereocenters. The molecule has 0 spiro atoms. The highest BCUT2D eigenvalue weighted by Gasteiger charge is 2.02. The highest BCUT2D eigenvalue weighted by atomic mass is 16.5. The summed E-state index contributed by atoms with van der Waals surface area (Å²) < 4.78 is 4.63. The minimum atomic E-state index is 0.181. The second kappa shape index (κ2) is 6.62. The van der Waals surface area contributed by atoms with Crippen molar-refractivity contribution in [1.82, 2.24) is 0 Å². The van der Waals surface area contributed by atoms with Gasteiger partial charge >= 0.3 is 0 Å². The number of hydrogen-bond acceptors (Lipinski definition) is 2. The van der Waals surface area contributed by atoms with Crippen LogP contribution in [0.5, 0.6) is 0 Å². The SMILES string of the molecule is [CH]OC(C)CCCC(C)CN. The van der Waals surface area contributed by atoms with E-state index in [1.165, 1.54) is 6.42 Å². The van der Waals surface area contributed by atoms with Gasteiger partial charge in [0.15, 0.2) is 0 Å². The first-order valence-corrected chi connectivity index (χ1v) is 4.26. The lowest BCUT2D eigenvalue weighted by molar-refractivity contribution is 0.142. The van der Waals surface area contributed by atoms with Gasteiger partial charge in [0.25, 0.3) is 0 Å². The maximum Gasteiger partial charge on any atom is 0.115 e. The van der Waals surface area contributed by atoms with E-state index in [-0.39, 0.29) is 6.10 Å². The molecule has 0 aliphatic heterocycles. The summed E-state index contributed by atoms with van der Waals surface area (Å²) in [6.45, 7) is 4.92. The lowest BCUT2D eigenvalue weighted by Gasteiger charge is -2.10. The van der Waals surface area contributed by atoms with E-state index in [9.17, 15) is 0 Å². The van der Waals surface area contributed by atoms with Gasteiger partial charge in [0.2, 0.25) is 0 Å². The fraction of sp³-hybridized carbons (Fsp3) is 0.889. The van der Waals surface area contributed by atoms with Crippen molar-refractivity contribution in [3.05, 3.63) is 7.11 Å². The van der Waals surface area contributed by atoms with E-state index < -0.39 is 0 Å². The quantitative estimate of drug-likeness (QED) is 0.638. The molecule has 0 amide bonds. The van der Waals surface area contributed by atoms with Crippen LogP contribution in [0.4, 0.5) is 0 Å². The van der Waals surface area contributed by atoms with Crippen molar-refractivity contribution in [2.75, 3.05) is 6.54 Å². The maximum atomic E-state index is 5.47. The molecule has 66 valence electrons. The lowest BCUT2D eigenvalue weighted by Crippen LogP contribution is -2.11. The summed E-state index contributed by atoms with van der Waals surface area (Å²) in [4.78, 5) is 0. The van der Waals surface area contributed by atoms with Crippen LogP contribution in [0.3, 0.4) is 0 Å². The smallest absolute Gasteiger partial charge is 0.115 e. The Morgan fingerprint density at radius 1 is 1.36 bits per heavy atom. The molecule has 0 aromatic rings. The normalized spacial score (nSPS) is 16.4. The van der Waals surface area contributed by atoms with E-state index in [1.54, 1.807) is 0 Å². The Morgan fingerprint density at radius 2 is 2.00 bits per heavy atom. The van der Waals surface area contributed by atoms with Crippen LogP contribution in [0.15, 0.2) is 0 Å². The highest BCUT2D eigenvalue weighted by Crippen LogP contribution is 2.09. The molecule has 0 aromatic heterocycles. The van der Waals surface area contributed by atoms with Gasteiger partial charge in [-0.15, -0.1) is 0 Å². The summed E-state index contributed by atoms with van der Waals surface area (Å²) in [5.41, 5.74) is 5.47. The molecular formula is C9H19NO. The van der Waals surface area contributed by atoms with Gasteiger partial charge in [0.05, 0.1) is 6.10 Å². The van der Waals surface area contributed by atoms with Gasteiger partial charge in [-0.1, -0.05) is 13.3 Å². The summed E-state index contributed by atoms with van der Waals surface area (Å²) in [6, 6.07) is 0. The molecule has 0 aromatic carbocycles. The minimum absolute atomic E-state index is 0.181. The molecule has 2 atom stereocenters. The Morgan fingerprint density at radius 3 is 2.45 bits per heavy atom. The van der Waals surface area contributed by atoms with Gasteiger partial charge in [-0.3, -0.25) is 0 Å². The van der Waals surface area contributed by atoms with E-state index in [0.29, 0.717) is 5.92 Å². The Labute approximate surface area is 70.1 Å². The van der Waals surface area contributed by atoms with Gasteiger partial charge in [0.1, 0.15) is 7.11 Å². The number of rotatable bonds is 6. The van der Waals surface area contributed by atoms with Crippen molar-refractivity contribution in [2.45, 2.75) is 39.2 Å². The maximum absolute atomic E-state index is 5.47. The van der Waals surface area contributed by atoms with E-state index in [1.807, 2.05) is 6.92 Å². The third-order valence-electron chi connectivity index (χ3n) is 1.94. The molecule has 0 aliphatic carbocycles. The summed E-state index contributed by atoms with van der Waals surface area (Å²) in [6.07, 6.45) is 3.53. The average molecular weight is 157 g/mol. The summed E-state index contributed by atoms with van der Waals surface area (Å²) in [5.74, 6) is 0.625. The lowest BCUT2D eigenvalue weighted by atomic mass is 10.0. The van der Waals surface area contributed by atoms with Gasteiger partial charge in [-0.2, -0.15) is 0 Å². The second-order valence-corrected chi connectivity index (χ2v) is 3.22. The van der Waals surface area contributed by atoms with Crippen LogP contribution in [-0.2, 0) is 4.74 Å². The van der Waals surface area contributed by atoms with Crippen LogP contribution in [0, 0.1) is 13.0 Å². The Balaban J connectivity index is 3.13. The van der Waals surface area contributed by atoms with Crippen LogP contribution in [0.25, 0.3) is 0 Å². The molecule has 2 N–H and O–H groups in total. The predicted octanol–water partition coefficient (Wildman–Crippen LogP) is 1.83. The van der Waals surface area contributed by atoms with Crippen molar-refractivity contribution >= 4 is 0 Å². The summed E-state index contributed by atoms with van der Waals surface area (Å²) in [5, 5.41) is 0. The first-order chi connectivity index (χ1) is 5.20. The molecule has 0 fully saturated rings. The topological polar surface area (TPSA) is 35.2 Å². The highest BCUT2D eigenvalue weighted by molar-refractivity contribution is 4.56. The molecular weight excluding hydrogens is 138 g/mol. The molecule has 0 aliphatic rings. The van der Waals surface area contributed by atoms with E-state index in [2.05, 4.69) is 11.7 Å². The molecule has 2 heteroatoms. The van der Waals surface area contributed by atoms with Gasteiger partial charge in [0, 0.05) is 0 Å². The number of hydrogen-bond donors (Lipinski definition) is 1. The van der Waals surface area contributed by atoms with Crippen LogP contribution >= 0.6 is 0 Å². The monoisotopic (exact) mass is 157 g/mol. The molecule has 11 heavy (non-hydrogen) atoms. The van der Waals surface area contributed by atoms with Crippen LogP contribution in [0.1, 0.15) is 33.1 Å². The molecule has 2 radical (unpaired) electrons. The first kappa shape index (κ1) is 10.9. The largest absolute Gasteiger partial charge is 0.370 e. The third-order valence-corrected chi connectivity index (χ3v) is 1.94. The Bertz CT molecular complexity index is 75.6. The zero-order valence-corrected chi connectivity index (χ0v) is 7.55. The van der Waals surface area contributed by atoms with Crippen molar-refractivity contribution in [3.63, 3.8) is 0 Å². The van der Waals surface area contributed by atoms with Crippen molar-refractivity contribution < 1.29 is 4.74 Å².